The zero-order valence-electron chi connectivity index (χ0n) is 13.4. The topological polar surface area (TPSA) is 59.2 Å². The van der Waals surface area contributed by atoms with Crippen molar-refractivity contribution in [2.75, 3.05) is 13.1 Å². The molecule has 4 rings (SSSR count). The van der Waals surface area contributed by atoms with Crippen molar-refractivity contribution in [3.8, 4) is 0 Å². The van der Waals surface area contributed by atoms with Gasteiger partial charge in [0.1, 0.15) is 0 Å². The Hall–Kier alpha value is -2.69. The molecule has 3 heterocycles. The minimum absolute atomic E-state index is 0.0576. The fourth-order valence-electron chi connectivity index (χ4n) is 3.46. The average molecular weight is 321 g/mol. The van der Waals surface area contributed by atoms with Gasteiger partial charge in [-0.05, 0) is 36.8 Å². The van der Waals surface area contributed by atoms with Crippen LogP contribution in [0.3, 0.4) is 0 Å². The molecule has 122 valence electrons. The lowest BCUT2D eigenvalue weighted by Gasteiger charge is -2.31. The third-order valence-corrected chi connectivity index (χ3v) is 4.77. The Bertz CT molecular complexity index is 831. The molecule has 0 N–H and O–H groups in total. The summed E-state index contributed by atoms with van der Waals surface area (Å²) < 4.78 is 5.11. The summed E-state index contributed by atoms with van der Waals surface area (Å²) in [7, 11) is 0. The second-order valence-electron chi connectivity index (χ2n) is 6.30. The number of carbonyl (C=O) groups is 1. The highest BCUT2D eigenvalue weighted by Gasteiger charge is 2.25. The van der Waals surface area contributed by atoms with E-state index in [1.807, 2.05) is 17.2 Å². The van der Waals surface area contributed by atoms with E-state index in [2.05, 4.69) is 34.2 Å². The maximum Gasteiger partial charge on any atom is 0.291 e. The van der Waals surface area contributed by atoms with Crippen molar-refractivity contribution >= 4 is 16.8 Å². The first kappa shape index (κ1) is 14.9. The molecule has 0 spiro atoms. The number of hydrogen-bond acceptors (Lipinski definition) is 4. The van der Waals surface area contributed by atoms with Gasteiger partial charge in [0.25, 0.3) is 5.91 Å². The molecule has 1 aliphatic rings. The molecule has 5 nitrogen and oxygen atoms in total. The largest absolute Gasteiger partial charge is 0.438 e. The van der Waals surface area contributed by atoms with Gasteiger partial charge < -0.3 is 9.32 Å². The standard InChI is InChI=1S/C19H19N3O2/c23-19(17-12-20-13-24-17)22-9-6-14(7-10-22)11-16-4-1-3-15-5-2-8-21-18(15)16/h1-5,8,12-14H,6-7,9-11H2. The number of pyridine rings is 1. The molecule has 5 heteroatoms. The lowest BCUT2D eigenvalue weighted by Crippen LogP contribution is -2.38. The van der Waals surface area contributed by atoms with Gasteiger partial charge in [-0.3, -0.25) is 9.78 Å². The van der Waals surface area contributed by atoms with E-state index in [4.69, 9.17) is 4.42 Å². The van der Waals surface area contributed by atoms with Crippen LogP contribution < -0.4 is 0 Å². The Balaban J connectivity index is 1.42. The fourth-order valence-corrected chi connectivity index (χ4v) is 3.46. The third kappa shape index (κ3) is 2.89. The molecule has 24 heavy (non-hydrogen) atoms. The highest BCUT2D eigenvalue weighted by atomic mass is 16.3. The van der Waals surface area contributed by atoms with Gasteiger partial charge in [-0.25, -0.2) is 4.98 Å². The van der Waals surface area contributed by atoms with Gasteiger partial charge in [-0.15, -0.1) is 0 Å². The highest BCUT2D eigenvalue weighted by molar-refractivity contribution is 5.91. The number of oxazole rings is 1. The lowest BCUT2D eigenvalue weighted by atomic mass is 9.89. The smallest absolute Gasteiger partial charge is 0.291 e. The van der Waals surface area contributed by atoms with E-state index in [-0.39, 0.29) is 5.91 Å². The van der Waals surface area contributed by atoms with Crippen molar-refractivity contribution < 1.29 is 9.21 Å². The number of aromatic nitrogens is 2. The number of carbonyl (C=O) groups excluding carboxylic acids is 1. The molecular formula is C19H19N3O2. The predicted molar refractivity (Wildman–Crippen MR) is 90.6 cm³/mol. The summed E-state index contributed by atoms with van der Waals surface area (Å²) in [6.45, 7) is 1.53. The van der Waals surface area contributed by atoms with Crippen LogP contribution in [-0.4, -0.2) is 33.9 Å². The summed E-state index contributed by atoms with van der Waals surface area (Å²) in [5.74, 6) is 0.848. The van der Waals surface area contributed by atoms with Crippen LogP contribution >= 0.6 is 0 Å². The normalized spacial score (nSPS) is 15.8. The van der Waals surface area contributed by atoms with Crippen LogP contribution in [0.4, 0.5) is 0 Å². The van der Waals surface area contributed by atoms with Crippen LogP contribution in [0.15, 0.2) is 53.5 Å². The molecule has 1 fully saturated rings. The zero-order valence-corrected chi connectivity index (χ0v) is 13.4. The monoisotopic (exact) mass is 321 g/mol. The number of benzene rings is 1. The zero-order chi connectivity index (χ0) is 16.4. The van der Waals surface area contributed by atoms with Crippen molar-refractivity contribution in [1.82, 2.24) is 14.9 Å². The molecule has 3 aromatic rings. The summed E-state index contributed by atoms with van der Waals surface area (Å²) in [4.78, 5) is 22.5. The van der Waals surface area contributed by atoms with Gasteiger partial charge in [0.05, 0.1) is 11.7 Å². The van der Waals surface area contributed by atoms with E-state index >= 15 is 0 Å². The van der Waals surface area contributed by atoms with E-state index in [0.29, 0.717) is 11.7 Å². The minimum Gasteiger partial charge on any atom is -0.438 e. The van der Waals surface area contributed by atoms with Crippen LogP contribution in [0.5, 0.6) is 0 Å². The van der Waals surface area contributed by atoms with Gasteiger partial charge >= 0.3 is 0 Å². The van der Waals surface area contributed by atoms with E-state index in [9.17, 15) is 4.79 Å². The van der Waals surface area contributed by atoms with Crippen LogP contribution in [0.1, 0.15) is 29.0 Å². The molecule has 2 aromatic heterocycles. The first-order valence-electron chi connectivity index (χ1n) is 8.31. The molecule has 0 unspecified atom stereocenters. The molecule has 1 aromatic carbocycles. The molecule has 1 amide bonds. The number of amides is 1. The third-order valence-electron chi connectivity index (χ3n) is 4.77. The molecule has 0 saturated carbocycles. The molecule has 1 saturated heterocycles. The maximum atomic E-state index is 12.3. The highest BCUT2D eigenvalue weighted by Crippen LogP contribution is 2.26. The van der Waals surface area contributed by atoms with Crippen molar-refractivity contribution in [2.24, 2.45) is 5.92 Å². The number of piperidine rings is 1. The van der Waals surface area contributed by atoms with Crippen molar-refractivity contribution in [3.05, 3.63) is 60.4 Å². The molecule has 1 aliphatic heterocycles. The number of fused-ring (bicyclic) bond motifs is 1. The van der Waals surface area contributed by atoms with Gasteiger partial charge in [0.15, 0.2) is 6.39 Å². The van der Waals surface area contributed by atoms with Gasteiger partial charge in [-0.2, -0.15) is 0 Å². The number of nitrogens with zero attached hydrogens (tertiary/aromatic N) is 3. The summed E-state index contributed by atoms with van der Waals surface area (Å²) in [5, 5.41) is 1.19. The second-order valence-corrected chi connectivity index (χ2v) is 6.30. The van der Waals surface area contributed by atoms with Crippen LogP contribution in [0.2, 0.25) is 0 Å². The maximum absolute atomic E-state index is 12.3. The van der Waals surface area contributed by atoms with E-state index in [0.717, 1.165) is 37.9 Å². The van der Waals surface area contributed by atoms with Crippen molar-refractivity contribution in [3.63, 3.8) is 0 Å². The summed E-state index contributed by atoms with van der Waals surface area (Å²) >= 11 is 0. The predicted octanol–water partition coefficient (Wildman–Crippen LogP) is 3.32. The average Bonchev–Trinajstić information content (AvgIpc) is 3.17. The van der Waals surface area contributed by atoms with Crippen LogP contribution in [0.25, 0.3) is 10.9 Å². The van der Waals surface area contributed by atoms with E-state index in [1.54, 1.807) is 0 Å². The minimum atomic E-state index is -0.0576. The molecule has 0 atom stereocenters. The Labute approximate surface area is 140 Å². The lowest BCUT2D eigenvalue weighted by molar-refractivity contribution is 0.0658. The van der Waals surface area contributed by atoms with Gasteiger partial charge in [0, 0.05) is 24.7 Å². The Kier molecular flexibility index (Phi) is 3.99. The fraction of sp³-hybridized carbons (Fsp3) is 0.316. The van der Waals surface area contributed by atoms with E-state index < -0.39 is 0 Å². The first-order chi connectivity index (χ1) is 11.8. The summed E-state index contributed by atoms with van der Waals surface area (Å²) in [6.07, 6.45) is 7.65. The Morgan fingerprint density at radius 2 is 2.04 bits per heavy atom. The van der Waals surface area contributed by atoms with Gasteiger partial charge in [-0.1, -0.05) is 24.3 Å². The van der Waals surface area contributed by atoms with Crippen molar-refractivity contribution in [1.29, 1.82) is 0 Å². The summed E-state index contributed by atoms with van der Waals surface area (Å²) in [6, 6.07) is 10.4. The number of hydrogen-bond donors (Lipinski definition) is 0. The second kappa shape index (κ2) is 6.43. The SMILES string of the molecule is O=C(c1cnco1)N1CCC(Cc2cccc3cccnc23)CC1. The number of para-hydroxylation sites is 1. The Morgan fingerprint density at radius 1 is 1.21 bits per heavy atom. The molecule has 0 aliphatic carbocycles. The number of likely N-dealkylation sites (tertiary alicyclic amines) is 1. The molecule has 0 bridgehead atoms. The Morgan fingerprint density at radius 3 is 2.83 bits per heavy atom. The molecular weight excluding hydrogens is 302 g/mol. The van der Waals surface area contributed by atoms with Crippen LogP contribution in [-0.2, 0) is 6.42 Å². The van der Waals surface area contributed by atoms with Crippen LogP contribution in [0, 0.1) is 5.92 Å². The van der Waals surface area contributed by atoms with E-state index in [1.165, 1.54) is 23.5 Å². The van der Waals surface area contributed by atoms with Gasteiger partial charge in [0.2, 0.25) is 5.76 Å². The first-order valence-corrected chi connectivity index (χ1v) is 8.31. The summed E-state index contributed by atoms with van der Waals surface area (Å²) in [5.41, 5.74) is 2.40. The number of rotatable bonds is 3. The molecule has 0 radical (unpaired) electrons. The van der Waals surface area contributed by atoms with Crippen molar-refractivity contribution in [2.45, 2.75) is 19.3 Å². The quantitative estimate of drug-likeness (QED) is 0.742.